The minimum atomic E-state index is -3.72. The quantitative estimate of drug-likeness (QED) is 0.364. The maximum atomic E-state index is 13.0. The van der Waals surface area contributed by atoms with Crippen molar-refractivity contribution in [2.45, 2.75) is 55.8 Å². The highest BCUT2D eigenvalue weighted by molar-refractivity contribution is 7.94. The Kier molecular flexibility index (Phi) is 12.3. The number of rotatable bonds is 12. The van der Waals surface area contributed by atoms with Gasteiger partial charge in [-0.3, -0.25) is 0 Å². The lowest BCUT2D eigenvalue weighted by molar-refractivity contribution is 0.464. The Morgan fingerprint density at radius 1 is 0.485 bits per heavy atom. The third-order valence-electron chi connectivity index (χ3n) is 5.41. The molecule has 0 unspecified atom stereocenters. The molecule has 1 aliphatic rings. The predicted molar refractivity (Wildman–Crippen MR) is 138 cm³/mol. The van der Waals surface area contributed by atoms with Gasteiger partial charge in [0.05, 0.1) is 33.0 Å². The van der Waals surface area contributed by atoms with Crippen LogP contribution in [0.2, 0.25) is 0 Å². The summed E-state index contributed by atoms with van der Waals surface area (Å²) in [7, 11) is -11.1. The van der Waals surface area contributed by atoms with Crippen molar-refractivity contribution >= 4 is 29.5 Å². The minimum Gasteiger partial charge on any atom is -0.228 e. The van der Waals surface area contributed by atoms with E-state index in [-0.39, 0.29) is 36.5 Å². The van der Waals surface area contributed by atoms with Crippen LogP contribution >= 0.6 is 0 Å². The summed E-state index contributed by atoms with van der Waals surface area (Å²) in [6.45, 7) is 5.42. The van der Waals surface area contributed by atoms with E-state index in [1.165, 1.54) is 18.2 Å². The molecular formula is C24H36O6S3. The number of sulfone groups is 3. The van der Waals surface area contributed by atoms with E-state index in [4.69, 9.17) is 0 Å². The van der Waals surface area contributed by atoms with Gasteiger partial charge in [-0.1, -0.05) is 72.9 Å². The highest BCUT2D eigenvalue weighted by Gasteiger charge is 2.44. The molecule has 1 rings (SSSR count). The van der Waals surface area contributed by atoms with Crippen LogP contribution in [0.3, 0.4) is 0 Å². The molecule has 1 saturated carbocycles. The molecule has 0 bridgehead atoms. The van der Waals surface area contributed by atoms with E-state index in [1.807, 2.05) is 0 Å². The van der Waals surface area contributed by atoms with E-state index >= 15 is 0 Å². The summed E-state index contributed by atoms with van der Waals surface area (Å²) in [6, 6.07) is 0. The molecule has 0 aromatic rings. The average Bonchev–Trinajstić information content (AvgIpc) is 2.77. The van der Waals surface area contributed by atoms with Crippen molar-refractivity contribution < 1.29 is 25.3 Å². The first-order chi connectivity index (χ1) is 15.5. The molecule has 0 saturated heterocycles. The third-order valence-corrected chi connectivity index (χ3v) is 11.6. The molecule has 0 radical (unpaired) electrons. The van der Waals surface area contributed by atoms with Gasteiger partial charge in [-0.25, -0.2) is 25.3 Å². The average molecular weight is 517 g/mol. The molecule has 6 nitrogen and oxygen atoms in total. The molecule has 9 heteroatoms. The van der Waals surface area contributed by atoms with Crippen LogP contribution in [0.5, 0.6) is 0 Å². The van der Waals surface area contributed by atoms with E-state index in [1.54, 1.807) is 75.5 Å². The fourth-order valence-electron chi connectivity index (χ4n) is 3.59. The lowest BCUT2D eigenvalue weighted by atomic mass is 9.99. The first-order valence-corrected chi connectivity index (χ1v) is 16.1. The Bertz CT molecular complexity index is 954. The molecule has 0 amide bonds. The smallest absolute Gasteiger partial charge is 0.156 e. The van der Waals surface area contributed by atoms with Gasteiger partial charge < -0.3 is 0 Å². The molecule has 0 aromatic carbocycles. The normalized spacial score (nSPS) is 23.9. The van der Waals surface area contributed by atoms with Gasteiger partial charge in [0, 0.05) is 0 Å². The molecule has 186 valence electrons. The van der Waals surface area contributed by atoms with Gasteiger partial charge in [0.25, 0.3) is 0 Å². The second-order valence-corrected chi connectivity index (χ2v) is 14.9. The summed E-state index contributed by atoms with van der Waals surface area (Å²) < 4.78 is 77.9. The molecule has 0 spiro atoms. The monoisotopic (exact) mass is 516 g/mol. The summed E-state index contributed by atoms with van der Waals surface area (Å²) in [5.74, 6) is -0.780. The zero-order valence-electron chi connectivity index (χ0n) is 19.6. The van der Waals surface area contributed by atoms with Gasteiger partial charge in [0.2, 0.25) is 0 Å². The van der Waals surface area contributed by atoms with Crippen LogP contribution in [0.15, 0.2) is 72.9 Å². The molecule has 0 heterocycles. The van der Waals surface area contributed by atoms with E-state index in [0.717, 1.165) is 0 Å². The minimum absolute atomic E-state index is 0.0833. The summed E-state index contributed by atoms with van der Waals surface area (Å²) in [5.41, 5.74) is 0. The molecule has 1 aliphatic carbocycles. The molecule has 33 heavy (non-hydrogen) atoms. The second-order valence-electron chi connectivity index (χ2n) is 7.92. The lowest BCUT2D eigenvalue weighted by Gasteiger charge is -2.33. The molecular weight excluding hydrogens is 480 g/mol. The fourth-order valence-corrected chi connectivity index (χ4v) is 9.07. The summed E-state index contributed by atoms with van der Waals surface area (Å²) >= 11 is 0. The number of hydrogen-bond donors (Lipinski definition) is 0. The van der Waals surface area contributed by atoms with E-state index < -0.39 is 45.3 Å². The second kappa shape index (κ2) is 13.9. The SMILES string of the molecule is CC=CC=CCS(=O)(=O)C1CC(S(=O)(=O)CC=CC=CC)CC(S(=O)(=O)CC=CC=CC)C1. The van der Waals surface area contributed by atoms with Crippen LogP contribution in [0.1, 0.15) is 40.0 Å². The van der Waals surface area contributed by atoms with E-state index in [2.05, 4.69) is 0 Å². The van der Waals surface area contributed by atoms with Crippen molar-refractivity contribution in [2.24, 2.45) is 0 Å². The van der Waals surface area contributed by atoms with Crippen LogP contribution < -0.4 is 0 Å². The van der Waals surface area contributed by atoms with Crippen LogP contribution in [0, 0.1) is 0 Å². The molecule has 0 N–H and O–H groups in total. The lowest BCUT2D eigenvalue weighted by Crippen LogP contribution is -2.45. The van der Waals surface area contributed by atoms with Gasteiger partial charge in [0.15, 0.2) is 29.5 Å². The van der Waals surface area contributed by atoms with Crippen molar-refractivity contribution in [3.63, 3.8) is 0 Å². The maximum Gasteiger partial charge on any atom is 0.156 e. The fraction of sp³-hybridized carbons (Fsp3) is 0.500. The largest absolute Gasteiger partial charge is 0.228 e. The van der Waals surface area contributed by atoms with Crippen molar-refractivity contribution in [3.8, 4) is 0 Å². The molecule has 1 fully saturated rings. The van der Waals surface area contributed by atoms with Gasteiger partial charge in [0.1, 0.15) is 0 Å². The Morgan fingerprint density at radius 3 is 0.939 bits per heavy atom. The van der Waals surface area contributed by atoms with Crippen LogP contribution in [-0.4, -0.2) is 58.3 Å². The third kappa shape index (κ3) is 9.98. The predicted octanol–water partition coefficient (Wildman–Crippen LogP) is 3.92. The van der Waals surface area contributed by atoms with E-state index in [9.17, 15) is 25.3 Å². The van der Waals surface area contributed by atoms with Gasteiger partial charge in [-0.05, 0) is 40.0 Å². The van der Waals surface area contributed by atoms with Crippen molar-refractivity contribution in [1.82, 2.24) is 0 Å². The topological polar surface area (TPSA) is 102 Å². The molecule has 0 aromatic heterocycles. The molecule has 0 aliphatic heterocycles. The Labute approximate surface area is 200 Å². The first-order valence-electron chi connectivity index (χ1n) is 11.0. The highest BCUT2D eigenvalue weighted by atomic mass is 32.2. The standard InChI is InChI=1S/C24H36O6S3/c1-4-7-10-13-16-31(25,26)22-19-23(32(27,28)17-14-11-8-5-2)21-24(20-22)33(29,30)18-15-12-9-6-3/h4-15,22-24H,16-21H2,1-3H3. The number of hydrogen-bond acceptors (Lipinski definition) is 6. The van der Waals surface area contributed by atoms with Gasteiger partial charge >= 0.3 is 0 Å². The van der Waals surface area contributed by atoms with E-state index in [0.29, 0.717) is 0 Å². The maximum absolute atomic E-state index is 13.0. The van der Waals surface area contributed by atoms with Crippen molar-refractivity contribution in [2.75, 3.05) is 17.3 Å². The molecule has 0 atom stereocenters. The summed E-state index contributed by atoms with van der Waals surface area (Å²) in [4.78, 5) is 0. The number of allylic oxidation sites excluding steroid dienone is 9. The van der Waals surface area contributed by atoms with Crippen LogP contribution in [0.4, 0.5) is 0 Å². The summed E-state index contributed by atoms with van der Waals surface area (Å²) in [6.07, 6.45) is 19.5. The van der Waals surface area contributed by atoms with Gasteiger partial charge in [-0.15, -0.1) is 0 Å². The van der Waals surface area contributed by atoms with Crippen molar-refractivity contribution in [1.29, 1.82) is 0 Å². The zero-order chi connectivity index (χ0) is 25.0. The van der Waals surface area contributed by atoms with Crippen molar-refractivity contribution in [3.05, 3.63) is 72.9 Å². The highest BCUT2D eigenvalue weighted by Crippen LogP contribution is 2.34. The Morgan fingerprint density at radius 2 is 0.727 bits per heavy atom. The summed E-state index contributed by atoms with van der Waals surface area (Å²) in [5, 5.41) is -3.08. The van der Waals surface area contributed by atoms with Gasteiger partial charge in [-0.2, -0.15) is 0 Å². The van der Waals surface area contributed by atoms with Crippen LogP contribution in [-0.2, 0) is 29.5 Å². The zero-order valence-corrected chi connectivity index (χ0v) is 22.0. The first kappa shape index (κ1) is 29.3. The Hall–Kier alpha value is -1.71. The Balaban J connectivity index is 3.25. The van der Waals surface area contributed by atoms with Crippen LogP contribution in [0.25, 0.3) is 0 Å².